The quantitative estimate of drug-likeness (QED) is 0.627. The molecule has 1 saturated heterocycles. The van der Waals surface area contributed by atoms with Gasteiger partial charge in [-0.05, 0) is 32.5 Å². The van der Waals surface area contributed by atoms with Gasteiger partial charge < -0.3 is 20.4 Å². The second kappa shape index (κ2) is 9.73. The van der Waals surface area contributed by atoms with Crippen molar-refractivity contribution in [2.75, 3.05) is 66.0 Å². The van der Waals surface area contributed by atoms with E-state index in [4.69, 9.17) is 0 Å². The van der Waals surface area contributed by atoms with Gasteiger partial charge in [0, 0.05) is 45.8 Å². The molecule has 0 spiro atoms. The first-order valence-electron chi connectivity index (χ1n) is 7.52. The summed E-state index contributed by atoms with van der Waals surface area (Å²) in [6.07, 6.45) is 1.30. The molecule has 108 valence electrons. The lowest BCUT2D eigenvalue weighted by atomic mass is 10.2. The van der Waals surface area contributed by atoms with Crippen molar-refractivity contribution in [3.05, 3.63) is 0 Å². The molecule has 18 heavy (non-hydrogen) atoms. The van der Waals surface area contributed by atoms with Crippen molar-refractivity contribution in [3.8, 4) is 0 Å². The zero-order valence-electron chi connectivity index (χ0n) is 12.5. The Bertz CT molecular complexity index is 190. The molecule has 1 fully saturated rings. The average molecular weight is 256 g/mol. The Balaban J connectivity index is 2.14. The maximum Gasteiger partial charge on any atom is 0.0107 e. The molecule has 0 aromatic rings. The van der Waals surface area contributed by atoms with Gasteiger partial charge in [-0.15, -0.1) is 0 Å². The summed E-state index contributed by atoms with van der Waals surface area (Å²) < 4.78 is 0. The third-order valence-electron chi connectivity index (χ3n) is 3.46. The molecule has 0 aromatic carbocycles. The molecular formula is C14H32N4. The van der Waals surface area contributed by atoms with Gasteiger partial charge in [0.1, 0.15) is 0 Å². The molecule has 2 N–H and O–H groups in total. The second-order valence-corrected chi connectivity index (χ2v) is 5.74. The first kappa shape index (κ1) is 15.9. The van der Waals surface area contributed by atoms with Crippen molar-refractivity contribution in [1.82, 2.24) is 20.4 Å². The minimum absolute atomic E-state index is 0.765. The molecule has 0 unspecified atom stereocenters. The normalized spacial score (nSPS) is 17.8. The van der Waals surface area contributed by atoms with Crippen LogP contribution in [0.1, 0.15) is 20.3 Å². The van der Waals surface area contributed by atoms with Crippen molar-refractivity contribution in [3.63, 3.8) is 0 Å². The summed E-state index contributed by atoms with van der Waals surface area (Å²) in [7, 11) is 2.04. The standard InChI is InChI=1S/C14H32N4/c1-14(2)13-18(10-5-15-3)9-4-8-17-11-6-16-7-12-17/h14-16H,4-13H2,1-3H3. The van der Waals surface area contributed by atoms with Gasteiger partial charge in [-0.25, -0.2) is 0 Å². The van der Waals surface area contributed by atoms with E-state index in [9.17, 15) is 0 Å². The van der Waals surface area contributed by atoms with Crippen molar-refractivity contribution < 1.29 is 0 Å². The minimum Gasteiger partial charge on any atom is -0.318 e. The Morgan fingerprint density at radius 3 is 2.56 bits per heavy atom. The van der Waals surface area contributed by atoms with Crippen molar-refractivity contribution in [1.29, 1.82) is 0 Å². The summed E-state index contributed by atoms with van der Waals surface area (Å²) in [5, 5.41) is 6.66. The van der Waals surface area contributed by atoms with Crippen LogP contribution in [0.2, 0.25) is 0 Å². The SMILES string of the molecule is CNCCN(CCCN1CCNCC1)CC(C)C. The molecule has 4 heteroatoms. The predicted octanol–water partition coefficient (Wildman–Crippen LogP) is 0.459. The number of rotatable bonds is 9. The molecule has 1 rings (SSSR count). The maximum atomic E-state index is 3.41. The molecule has 4 nitrogen and oxygen atoms in total. The highest BCUT2D eigenvalue weighted by Gasteiger charge is 2.11. The zero-order valence-corrected chi connectivity index (χ0v) is 12.5. The van der Waals surface area contributed by atoms with Crippen LogP contribution in [0.3, 0.4) is 0 Å². The van der Waals surface area contributed by atoms with Gasteiger partial charge in [-0.2, -0.15) is 0 Å². The summed E-state index contributed by atoms with van der Waals surface area (Å²) >= 11 is 0. The molecule has 1 aliphatic rings. The van der Waals surface area contributed by atoms with Crippen LogP contribution in [0, 0.1) is 5.92 Å². The highest BCUT2D eigenvalue weighted by Crippen LogP contribution is 2.01. The minimum atomic E-state index is 0.765. The lowest BCUT2D eigenvalue weighted by molar-refractivity contribution is 0.201. The molecule has 0 radical (unpaired) electrons. The van der Waals surface area contributed by atoms with Gasteiger partial charge in [0.05, 0.1) is 0 Å². The Hall–Kier alpha value is -0.160. The zero-order chi connectivity index (χ0) is 13.2. The predicted molar refractivity (Wildman–Crippen MR) is 79.1 cm³/mol. The van der Waals surface area contributed by atoms with E-state index in [1.54, 1.807) is 0 Å². The van der Waals surface area contributed by atoms with E-state index in [0.717, 1.165) is 25.6 Å². The van der Waals surface area contributed by atoms with Crippen LogP contribution in [0.25, 0.3) is 0 Å². The maximum absolute atomic E-state index is 3.41. The second-order valence-electron chi connectivity index (χ2n) is 5.74. The van der Waals surface area contributed by atoms with Crippen LogP contribution >= 0.6 is 0 Å². The smallest absolute Gasteiger partial charge is 0.0107 e. The van der Waals surface area contributed by atoms with Crippen LogP contribution in [0.15, 0.2) is 0 Å². The van der Waals surface area contributed by atoms with Gasteiger partial charge in [0.2, 0.25) is 0 Å². The summed E-state index contributed by atoms with van der Waals surface area (Å²) in [6, 6.07) is 0. The van der Waals surface area contributed by atoms with Crippen molar-refractivity contribution in [2.45, 2.75) is 20.3 Å². The molecule has 0 bridgehead atoms. The number of piperazine rings is 1. The molecular weight excluding hydrogens is 224 g/mol. The van der Waals surface area contributed by atoms with E-state index in [-0.39, 0.29) is 0 Å². The van der Waals surface area contributed by atoms with Gasteiger partial charge in [-0.3, -0.25) is 0 Å². The largest absolute Gasteiger partial charge is 0.318 e. The third-order valence-corrected chi connectivity index (χ3v) is 3.46. The summed E-state index contributed by atoms with van der Waals surface area (Å²) in [4.78, 5) is 5.19. The molecule has 0 aliphatic carbocycles. The van der Waals surface area contributed by atoms with Crippen LogP contribution in [-0.2, 0) is 0 Å². The number of nitrogens with zero attached hydrogens (tertiary/aromatic N) is 2. The number of hydrogen-bond acceptors (Lipinski definition) is 4. The highest BCUT2D eigenvalue weighted by atomic mass is 15.2. The van der Waals surface area contributed by atoms with E-state index < -0.39 is 0 Å². The molecule has 1 aliphatic heterocycles. The van der Waals surface area contributed by atoms with Gasteiger partial charge in [0.25, 0.3) is 0 Å². The first-order chi connectivity index (χ1) is 8.72. The van der Waals surface area contributed by atoms with E-state index in [0.29, 0.717) is 0 Å². The van der Waals surface area contributed by atoms with Gasteiger partial charge in [0.15, 0.2) is 0 Å². The monoisotopic (exact) mass is 256 g/mol. The Labute approximate surface area is 113 Å². The van der Waals surface area contributed by atoms with Gasteiger partial charge >= 0.3 is 0 Å². The van der Waals surface area contributed by atoms with Crippen molar-refractivity contribution in [2.24, 2.45) is 5.92 Å². The van der Waals surface area contributed by atoms with Crippen LogP contribution in [0.5, 0.6) is 0 Å². The topological polar surface area (TPSA) is 30.5 Å². The number of likely N-dealkylation sites (N-methyl/N-ethyl adjacent to an activating group) is 1. The number of hydrogen-bond donors (Lipinski definition) is 2. The van der Waals surface area contributed by atoms with E-state index in [2.05, 4.69) is 34.3 Å². The molecule has 0 saturated carbocycles. The Morgan fingerprint density at radius 1 is 1.22 bits per heavy atom. The van der Waals surface area contributed by atoms with E-state index in [1.807, 2.05) is 7.05 Å². The fourth-order valence-corrected chi connectivity index (χ4v) is 2.53. The van der Waals surface area contributed by atoms with E-state index in [1.165, 1.54) is 45.7 Å². The highest BCUT2D eigenvalue weighted by molar-refractivity contribution is 4.69. The summed E-state index contributed by atoms with van der Waals surface area (Å²) in [5.41, 5.74) is 0. The summed E-state index contributed by atoms with van der Waals surface area (Å²) in [6.45, 7) is 15.4. The van der Waals surface area contributed by atoms with Gasteiger partial charge in [-0.1, -0.05) is 13.8 Å². The van der Waals surface area contributed by atoms with E-state index >= 15 is 0 Å². The number of nitrogens with one attached hydrogen (secondary N) is 2. The fraction of sp³-hybridized carbons (Fsp3) is 1.00. The molecule has 1 heterocycles. The third kappa shape index (κ3) is 7.31. The average Bonchev–Trinajstić information content (AvgIpc) is 2.36. The van der Waals surface area contributed by atoms with Crippen LogP contribution in [0.4, 0.5) is 0 Å². The molecule has 0 amide bonds. The fourth-order valence-electron chi connectivity index (χ4n) is 2.53. The molecule has 0 atom stereocenters. The van der Waals surface area contributed by atoms with Crippen LogP contribution < -0.4 is 10.6 Å². The summed E-state index contributed by atoms with van der Waals surface area (Å²) in [5.74, 6) is 0.765. The Kier molecular flexibility index (Phi) is 8.59. The van der Waals surface area contributed by atoms with Crippen LogP contribution in [-0.4, -0.2) is 75.8 Å². The Morgan fingerprint density at radius 2 is 1.94 bits per heavy atom. The van der Waals surface area contributed by atoms with Crippen molar-refractivity contribution >= 4 is 0 Å². The molecule has 0 aromatic heterocycles. The lowest BCUT2D eigenvalue weighted by Gasteiger charge is -2.29. The first-order valence-corrected chi connectivity index (χ1v) is 7.52. The lowest BCUT2D eigenvalue weighted by Crippen LogP contribution is -2.44.